The molecule has 0 aliphatic rings. The zero-order valence-electron chi connectivity index (χ0n) is 5.30. The number of alkyl halides is 2. The van der Waals surface area contributed by atoms with Crippen molar-refractivity contribution in [3.63, 3.8) is 0 Å². The van der Waals surface area contributed by atoms with Crippen LogP contribution in [0.1, 0.15) is 0 Å². The fourth-order valence-electron chi connectivity index (χ4n) is 0.389. The second-order valence-electron chi connectivity index (χ2n) is 1.41. The lowest BCUT2D eigenvalue weighted by molar-refractivity contribution is 0.320. The number of rotatable bonds is 5. The van der Waals surface area contributed by atoms with Crippen LogP contribution in [0, 0.1) is 4.91 Å². The molecule has 62 valence electrons. The van der Waals surface area contributed by atoms with Gasteiger partial charge in [0.05, 0.1) is 18.4 Å². The molecule has 0 aliphatic heterocycles. The SMILES string of the molecule is Cl.O=NN(CCCl)CCCl. The average Bonchev–Trinajstić information content (AvgIpc) is 1.88. The Kier molecular flexibility index (Phi) is 12.0. The Morgan fingerprint density at radius 2 is 1.60 bits per heavy atom. The quantitative estimate of drug-likeness (QED) is 0.392. The molecule has 0 unspecified atom stereocenters. The first-order valence-corrected chi connectivity index (χ1v) is 3.62. The van der Waals surface area contributed by atoms with Crippen molar-refractivity contribution >= 4 is 35.6 Å². The topological polar surface area (TPSA) is 32.7 Å². The predicted octanol–water partition coefficient (Wildman–Crippen LogP) is 1.87. The molecule has 3 nitrogen and oxygen atoms in total. The lowest BCUT2D eigenvalue weighted by Crippen LogP contribution is -2.21. The zero-order valence-corrected chi connectivity index (χ0v) is 7.62. The third-order valence-electron chi connectivity index (χ3n) is 0.801. The number of nitroso groups, excluding NO2 is 1. The lowest BCUT2D eigenvalue weighted by Gasteiger charge is -2.09. The fraction of sp³-hybridized carbons (Fsp3) is 1.00. The fourth-order valence-corrected chi connectivity index (χ4v) is 0.779. The molecule has 0 saturated heterocycles. The number of hydrogen-bond donors (Lipinski definition) is 0. The van der Waals surface area contributed by atoms with E-state index in [2.05, 4.69) is 5.29 Å². The molecule has 0 heterocycles. The average molecular weight is 207 g/mol. The van der Waals surface area contributed by atoms with Gasteiger partial charge in [0.15, 0.2) is 0 Å². The molecule has 0 radical (unpaired) electrons. The van der Waals surface area contributed by atoms with Gasteiger partial charge in [-0.2, -0.15) is 0 Å². The van der Waals surface area contributed by atoms with Gasteiger partial charge in [0.2, 0.25) is 0 Å². The van der Waals surface area contributed by atoms with E-state index in [1.54, 1.807) is 0 Å². The van der Waals surface area contributed by atoms with Crippen LogP contribution in [0.25, 0.3) is 0 Å². The summed E-state index contributed by atoms with van der Waals surface area (Å²) in [7, 11) is 0. The van der Waals surface area contributed by atoms with Crippen LogP contribution in [-0.2, 0) is 0 Å². The maximum absolute atomic E-state index is 9.84. The van der Waals surface area contributed by atoms with Crippen LogP contribution in [0.3, 0.4) is 0 Å². The summed E-state index contributed by atoms with van der Waals surface area (Å²) < 4.78 is 0. The molecule has 10 heavy (non-hydrogen) atoms. The van der Waals surface area contributed by atoms with Crippen molar-refractivity contribution in [2.24, 2.45) is 5.29 Å². The van der Waals surface area contributed by atoms with Gasteiger partial charge in [-0.25, -0.2) is 0 Å². The molecular formula is C4H9Cl3N2O. The van der Waals surface area contributed by atoms with E-state index in [9.17, 15) is 4.91 Å². The van der Waals surface area contributed by atoms with Crippen LogP contribution >= 0.6 is 35.6 Å². The smallest absolute Gasteiger partial charge is 0.0528 e. The third kappa shape index (κ3) is 6.39. The largest absolute Gasteiger partial charge is 0.259 e. The summed E-state index contributed by atoms with van der Waals surface area (Å²) in [5, 5.41) is 3.97. The van der Waals surface area contributed by atoms with Crippen molar-refractivity contribution in [1.82, 2.24) is 5.01 Å². The van der Waals surface area contributed by atoms with Crippen molar-refractivity contribution in [2.45, 2.75) is 0 Å². The standard InChI is InChI=1S/C4H8Cl2N2O.ClH/c5-1-3-8(7-9)4-2-6;/h1-4H2;1H. The third-order valence-corrected chi connectivity index (χ3v) is 1.14. The Morgan fingerprint density at radius 1 is 1.20 bits per heavy atom. The summed E-state index contributed by atoms with van der Waals surface area (Å²) in [5.41, 5.74) is 0. The number of halogens is 3. The molecule has 0 aromatic rings. The molecule has 0 N–H and O–H groups in total. The van der Waals surface area contributed by atoms with E-state index in [1.165, 1.54) is 5.01 Å². The van der Waals surface area contributed by atoms with E-state index in [-0.39, 0.29) is 12.4 Å². The second kappa shape index (κ2) is 9.27. The van der Waals surface area contributed by atoms with Crippen molar-refractivity contribution in [2.75, 3.05) is 24.8 Å². The van der Waals surface area contributed by atoms with Crippen molar-refractivity contribution < 1.29 is 0 Å². The highest BCUT2D eigenvalue weighted by atomic mass is 35.5. The minimum atomic E-state index is 0. The Balaban J connectivity index is 0. The van der Waals surface area contributed by atoms with E-state index >= 15 is 0 Å². The predicted molar refractivity (Wildman–Crippen MR) is 46.1 cm³/mol. The van der Waals surface area contributed by atoms with Gasteiger partial charge in [0.25, 0.3) is 0 Å². The molecular weight excluding hydrogens is 198 g/mol. The van der Waals surface area contributed by atoms with Gasteiger partial charge in [-0.3, -0.25) is 5.01 Å². The van der Waals surface area contributed by atoms with Gasteiger partial charge in [-0.1, -0.05) is 0 Å². The summed E-state index contributed by atoms with van der Waals surface area (Å²) in [6, 6.07) is 0. The molecule has 0 saturated carbocycles. The molecule has 0 amide bonds. The second-order valence-corrected chi connectivity index (χ2v) is 2.17. The Hall–Kier alpha value is 0.270. The normalized spacial score (nSPS) is 8.20. The molecule has 0 bridgehead atoms. The van der Waals surface area contributed by atoms with Crippen molar-refractivity contribution in [1.29, 1.82) is 0 Å². The van der Waals surface area contributed by atoms with E-state index in [4.69, 9.17) is 23.2 Å². The minimum Gasteiger partial charge on any atom is -0.259 e. The summed E-state index contributed by atoms with van der Waals surface area (Å²) >= 11 is 10.7. The van der Waals surface area contributed by atoms with Crippen LogP contribution in [0.2, 0.25) is 0 Å². The first-order chi connectivity index (χ1) is 4.35. The molecule has 0 spiro atoms. The van der Waals surface area contributed by atoms with Gasteiger partial charge >= 0.3 is 0 Å². The van der Waals surface area contributed by atoms with Gasteiger partial charge in [-0.15, -0.1) is 40.5 Å². The molecule has 0 rings (SSSR count). The summed E-state index contributed by atoms with van der Waals surface area (Å²) in [4.78, 5) is 9.84. The van der Waals surface area contributed by atoms with Gasteiger partial charge < -0.3 is 0 Å². The Labute approximate surface area is 76.0 Å². The van der Waals surface area contributed by atoms with Crippen LogP contribution in [0.4, 0.5) is 0 Å². The highest BCUT2D eigenvalue weighted by Crippen LogP contribution is 1.90. The van der Waals surface area contributed by atoms with Crippen LogP contribution in [-0.4, -0.2) is 29.9 Å². The van der Waals surface area contributed by atoms with Gasteiger partial charge in [0, 0.05) is 11.8 Å². The molecule has 0 fully saturated rings. The van der Waals surface area contributed by atoms with Crippen molar-refractivity contribution in [3.05, 3.63) is 4.91 Å². The highest BCUT2D eigenvalue weighted by molar-refractivity contribution is 6.18. The Bertz CT molecular complexity index is 76.9. The monoisotopic (exact) mass is 206 g/mol. The Morgan fingerprint density at radius 3 is 1.80 bits per heavy atom. The van der Waals surface area contributed by atoms with E-state index in [0.717, 1.165) is 0 Å². The summed E-state index contributed by atoms with van der Waals surface area (Å²) in [6.45, 7) is 0.940. The van der Waals surface area contributed by atoms with Crippen molar-refractivity contribution in [3.8, 4) is 0 Å². The maximum atomic E-state index is 9.84. The number of nitrogens with zero attached hydrogens (tertiary/aromatic N) is 2. The number of hydrogen-bond acceptors (Lipinski definition) is 2. The van der Waals surface area contributed by atoms with Crippen LogP contribution in [0.15, 0.2) is 5.29 Å². The summed E-state index contributed by atoms with van der Waals surface area (Å²) in [5.74, 6) is 0.811. The zero-order chi connectivity index (χ0) is 7.11. The summed E-state index contributed by atoms with van der Waals surface area (Å²) in [6.07, 6.45) is 0. The molecule has 0 aliphatic carbocycles. The van der Waals surface area contributed by atoms with Crippen LogP contribution in [0.5, 0.6) is 0 Å². The molecule has 0 aromatic carbocycles. The minimum absolute atomic E-state index is 0. The van der Waals surface area contributed by atoms with Gasteiger partial charge in [-0.05, 0) is 0 Å². The molecule has 0 aromatic heterocycles. The first kappa shape index (κ1) is 12.9. The maximum Gasteiger partial charge on any atom is 0.0528 e. The van der Waals surface area contributed by atoms with E-state index in [1.807, 2.05) is 0 Å². The molecule has 0 atom stereocenters. The van der Waals surface area contributed by atoms with E-state index < -0.39 is 0 Å². The van der Waals surface area contributed by atoms with Gasteiger partial charge in [0.1, 0.15) is 0 Å². The molecule has 6 heteroatoms. The first-order valence-electron chi connectivity index (χ1n) is 2.55. The highest BCUT2D eigenvalue weighted by Gasteiger charge is 1.97. The van der Waals surface area contributed by atoms with Crippen LogP contribution < -0.4 is 0 Å². The lowest BCUT2D eigenvalue weighted by atomic mass is 10.6. The van der Waals surface area contributed by atoms with E-state index in [0.29, 0.717) is 24.8 Å².